The summed E-state index contributed by atoms with van der Waals surface area (Å²) in [5.41, 5.74) is 3.25. The maximum atomic E-state index is 13.0. The second-order valence-electron chi connectivity index (χ2n) is 10.6. The van der Waals surface area contributed by atoms with Gasteiger partial charge in [-0.1, -0.05) is 42.5 Å². The maximum absolute atomic E-state index is 13.0. The summed E-state index contributed by atoms with van der Waals surface area (Å²) >= 11 is 0. The summed E-state index contributed by atoms with van der Waals surface area (Å²) < 4.78 is 44.9. The van der Waals surface area contributed by atoms with Crippen molar-refractivity contribution in [3.05, 3.63) is 95.3 Å². The Labute approximate surface area is 210 Å². The van der Waals surface area contributed by atoms with Crippen LogP contribution in [0.1, 0.15) is 60.8 Å². The highest BCUT2D eigenvalue weighted by molar-refractivity contribution is 5.45. The van der Waals surface area contributed by atoms with Gasteiger partial charge in [-0.25, -0.2) is 0 Å². The number of aliphatic hydroxyl groups is 1. The molecule has 3 aromatic rings. The van der Waals surface area contributed by atoms with Crippen molar-refractivity contribution in [3.63, 3.8) is 0 Å². The molecule has 1 N–H and O–H groups in total. The Kier molecular flexibility index (Phi) is 6.82. The van der Waals surface area contributed by atoms with Crippen LogP contribution >= 0.6 is 0 Å². The lowest BCUT2D eigenvalue weighted by atomic mass is 9.52. The monoisotopic (exact) mass is 495 g/mol. The first-order valence-electron chi connectivity index (χ1n) is 12.7. The normalized spacial score (nSPS) is 25.6. The molecule has 0 spiro atoms. The number of pyridine rings is 1. The number of halogens is 3. The molecule has 190 valence electrons. The third-order valence-corrected chi connectivity index (χ3v) is 8.18. The highest BCUT2D eigenvalue weighted by Gasteiger charge is 2.52. The van der Waals surface area contributed by atoms with Crippen LogP contribution in [0.15, 0.2) is 73.1 Å². The van der Waals surface area contributed by atoms with Gasteiger partial charge in [0.25, 0.3) is 0 Å². The molecule has 6 heteroatoms. The Balaban J connectivity index is 1.42. The van der Waals surface area contributed by atoms with Crippen LogP contribution in [0, 0.1) is 5.92 Å². The van der Waals surface area contributed by atoms with Gasteiger partial charge in [-0.2, -0.15) is 13.2 Å². The number of ether oxygens (including phenoxy) is 1. The number of alkyl halides is 3. The SMILES string of the molecule is O[C@]1(CCC(F)(F)F)CC[C@@]2(Cc3ccccc3)c3ccc(OCc4cccnc4)cc3CC[C@@H]2C1. The largest absolute Gasteiger partial charge is 0.489 e. The van der Waals surface area contributed by atoms with Crippen LogP contribution in [0.2, 0.25) is 0 Å². The average Bonchev–Trinajstić information content (AvgIpc) is 2.87. The van der Waals surface area contributed by atoms with Gasteiger partial charge in [0, 0.05) is 29.8 Å². The van der Waals surface area contributed by atoms with E-state index >= 15 is 0 Å². The van der Waals surface area contributed by atoms with Crippen molar-refractivity contribution in [1.29, 1.82) is 0 Å². The minimum atomic E-state index is -4.25. The van der Waals surface area contributed by atoms with Gasteiger partial charge < -0.3 is 9.84 Å². The minimum Gasteiger partial charge on any atom is -0.489 e. The third-order valence-electron chi connectivity index (χ3n) is 8.18. The zero-order chi connectivity index (χ0) is 25.2. The van der Waals surface area contributed by atoms with Crippen molar-refractivity contribution in [2.24, 2.45) is 5.92 Å². The van der Waals surface area contributed by atoms with Crippen LogP contribution < -0.4 is 4.74 Å². The van der Waals surface area contributed by atoms with E-state index < -0.39 is 18.2 Å². The number of benzene rings is 2. The summed E-state index contributed by atoms with van der Waals surface area (Å²) in [4.78, 5) is 4.14. The highest BCUT2D eigenvalue weighted by atomic mass is 19.4. The van der Waals surface area contributed by atoms with Gasteiger partial charge in [0.2, 0.25) is 0 Å². The molecule has 0 unspecified atom stereocenters. The Morgan fingerprint density at radius 1 is 1.00 bits per heavy atom. The smallest absolute Gasteiger partial charge is 0.389 e. The van der Waals surface area contributed by atoms with E-state index in [9.17, 15) is 18.3 Å². The van der Waals surface area contributed by atoms with Crippen LogP contribution in [0.4, 0.5) is 13.2 Å². The summed E-state index contributed by atoms with van der Waals surface area (Å²) in [6, 6.07) is 20.5. The fourth-order valence-corrected chi connectivity index (χ4v) is 6.37. The van der Waals surface area contributed by atoms with Gasteiger partial charge in [-0.05, 0) is 85.8 Å². The first kappa shape index (κ1) is 24.8. The first-order chi connectivity index (χ1) is 17.2. The fraction of sp³-hybridized carbons (Fsp3) is 0.433. The molecule has 0 radical (unpaired) electrons. The van der Waals surface area contributed by atoms with Gasteiger partial charge in [-0.3, -0.25) is 4.98 Å². The van der Waals surface area contributed by atoms with E-state index in [1.165, 1.54) is 16.7 Å². The van der Waals surface area contributed by atoms with E-state index in [0.29, 0.717) is 25.9 Å². The van der Waals surface area contributed by atoms with E-state index in [2.05, 4.69) is 29.2 Å². The molecular formula is C30H32F3NO2. The lowest BCUT2D eigenvalue weighted by molar-refractivity contribution is -0.153. The maximum Gasteiger partial charge on any atom is 0.389 e. The number of rotatable bonds is 7. The Morgan fingerprint density at radius 2 is 1.81 bits per heavy atom. The summed E-state index contributed by atoms with van der Waals surface area (Å²) in [7, 11) is 0. The van der Waals surface area contributed by atoms with Gasteiger partial charge in [0.1, 0.15) is 12.4 Å². The quantitative estimate of drug-likeness (QED) is 0.385. The highest BCUT2D eigenvalue weighted by Crippen LogP contribution is 2.55. The Hall–Kier alpha value is -2.86. The summed E-state index contributed by atoms with van der Waals surface area (Å²) in [5, 5.41) is 11.2. The van der Waals surface area contributed by atoms with E-state index in [-0.39, 0.29) is 17.8 Å². The van der Waals surface area contributed by atoms with Gasteiger partial charge in [-0.15, -0.1) is 0 Å². The first-order valence-corrected chi connectivity index (χ1v) is 12.7. The van der Waals surface area contributed by atoms with Gasteiger partial charge >= 0.3 is 6.18 Å². The molecule has 5 rings (SSSR count). The molecule has 2 aliphatic carbocycles. The fourth-order valence-electron chi connectivity index (χ4n) is 6.37. The minimum absolute atomic E-state index is 0.124. The standard InChI is InChI=1S/C30H32F3NO2/c31-30(32,33)15-13-28(35)12-14-29(18-22-5-2-1-3-6-22)25(19-28)9-8-24-17-26(10-11-27(24)29)36-21-23-7-4-16-34-20-23/h1-7,10-11,16-17,20,25,35H,8-9,12-15,18-19,21H2/t25-,28+,29+/m1/s1. The Morgan fingerprint density at radius 3 is 2.56 bits per heavy atom. The van der Waals surface area contributed by atoms with E-state index in [4.69, 9.17) is 4.74 Å². The molecule has 1 fully saturated rings. The number of aryl methyl sites for hydroxylation is 1. The second-order valence-corrected chi connectivity index (χ2v) is 10.6. The van der Waals surface area contributed by atoms with Crippen LogP contribution in [0.25, 0.3) is 0 Å². The Bertz CT molecular complexity index is 1170. The molecule has 2 aromatic carbocycles. The number of hydrogen-bond donors (Lipinski definition) is 1. The van der Waals surface area contributed by atoms with Crippen molar-refractivity contribution in [2.75, 3.05) is 0 Å². The zero-order valence-electron chi connectivity index (χ0n) is 20.3. The van der Waals surface area contributed by atoms with Crippen LogP contribution in [-0.4, -0.2) is 21.9 Å². The lowest BCUT2D eigenvalue weighted by Gasteiger charge is -2.53. The van der Waals surface area contributed by atoms with Crippen LogP contribution in [0.5, 0.6) is 5.75 Å². The van der Waals surface area contributed by atoms with E-state index in [1.54, 1.807) is 12.4 Å². The molecular weight excluding hydrogens is 463 g/mol. The summed E-state index contributed by atoms with van der Waals surface area (Å²) in [6.45, 7) is 0.441. The topological polar surface area (TPSA) is 42.4 Å². The molecule has 0 amide bonds. The van der Waals surface area contributed by atoms with Crippen molar-refractivity contribution >= 4 is 0 Å². The van der Waals surface area contributed by atoms with E-state index in [0.717, 1.165) is 30.6 Å². The zero-order valence-corrected chi connectivity index (χ0v) is 20.3. The molecule has 0 bridgehead atoms. The van der Waals surface area contributed by atoms with Crippen molar-refractivity contribution in [3.8, 4) is 5.75 Å². The average molecular weight is 496 g/mol. The molecule has 0 saturated heterocycles. The number of fused-ring (bicyclic) bond motifs is 3. The molecule has 0 aliphatic heterocycles. The number of aromatic nitrogens is 1. The number of nitrogens with zero attached hydrogens (tertiary/aromatic N) is 1. The van der Waals surface area contributed by atoms with Crippen molar-refractivity contribution in [2.45, 2.75) is 75.2 Å². The predicted molar refractivity (Wildman–Crippen MR) is 133 cm³/mol. The molecule has 1 aromatic heterocycles. The second kappa shape index (κ2) is 9.89. The molecule has 2 aliphatic rings. The summed E-state index contributed by atoms with van der Waals surface area (Å²) in [5.74, 6) is 0.933. The van der Waals surface area contributed by atoms with Crippen molar-refractivity contribution < 1.29 is 23.0 Å². The van der Waals surface area contributed by atoms with Gasteiger partial charge in [0.15, 0.2) is 0 Å². The van der Waals surface area contributed by atoms with Crippen molar-refractivity contribution in [1.82, 2.24) is 4.98 Å². The molecule has 36 heavy (non-hydrogen) atoms. The molecule has 1 heterocycles. The van der Waals surface area contributed by atoms with E-state index in [1.807, 2.05) is 36.4 Å². The predicted octanol–water partition coefficient (Wildman–Crippen LogP) is 6.96. The van der Waals surface area contributed by atoms with Crippen LogP contribution in [-0.2, 0) is 24.9 Å². The molecule has 3 atom stereocenters. The third kappa shape index (κ3) is 5.44. The van der Waals surface area contributed by atoms with Gasteiger partial charge in [0.05, 0.1) is 5.60 Å². The number of hydrogen-bond acceptors (Lipinski definition) is 3. The summed E-state index contributed by atoms with van der Waals surface area (Å²) in [6.07, 6.45) is 2.08. The molecule has 1 saturated carbocycles. The molecule has 3 nitrogen and oxygen atoms in total. The lowest BCUT2D eigenvalue weighted by Crippen LogP contribution is -2.51. The van der Waals surface area contributed by atoms with Crippen LogP contribution in [0.3, 0.4) is 0 Å².